The first-order valence-corrected chi connectivity index (χ1v) is 14.4. The van der Waals surface area contributed by atoms with Crippen LogP contribution in [0.3, 0.4) is 0 Å². The van der Waals surface area contributed by atoms with Gasteiger partial charge in [0, 0.05) is 35.7 Å². The number of piperidine rings is 1. The molecule has 6 rings (SSSR count). The summed E-state index contributed by atoms with van der Waals surface area (Å²) in [7, 11) is -3.51. The van der Waals surface area contributed by atoms with Crippen molar-refractivity contribution in [2.75, 3.05) is 16.5 Å². The first-order chi connectivity index (χ1) is 17.7. The van der Waals surface area contributed by atoms with Crippen molar-refractivity contribution in [3.8, 4) is 0 Å². The molecule has 37 heavy (non-hydrogen) atoms. The normalized spacial score (nSPS) is 27.2. The van der Waals surface area contributed by atoms with Crippen molar-refractivity contribution >= 4 is 27.2 Å². The lowest BCUT2D eigenvalue weighted by atomic mass is 9.83. The van der Waals surface area contributed by atoms with E-state index >= 15 is 0 Å². The van der Waals surface area contributed by atoms with E-state index in [0.717, 1.165) is 49.4 Å². The molecule has 196 valence electrons. The molecule has 0 radical (unpaired) electrons. The van der Waals surface area contributed by atoms with Gasteiger partial charge in [0.05, 0.1) is 10.6 Å². The maximum Gasteiger partial charge on any atom is 0.229 e. The minimum Gasteiger partial charge on any atom is -0.350 e. The molecule has 2 bridgehead atoms. The van der Waals surface area contributed by atoms with Gasteiger partial charge in [0.1, 0.15) is 30.0 Å². The quantitative estimate of drug-likeness (QED) is 0.489. The molecule has 2 aliphatic heterocycles. The van der Waals surface area contributed by atoms with Crippen molar-refractivity contribution in [1.82, 2.24) is 20.1 Å². The van der Waals surface area contributed by atoms with E-state index < -0.39 is 21.8 Å². The Kier molecular flexibility index (Phi) is 5.89. The van der Waals surface area contributed by atoms with Crippen LogP contribution in [0, 0.1) is 12.7 Å². The molecule has 2 atom stereocenters. The lowest BCUT2D eigenvalue weighted by Gasteiger charge is -2.39. The lowest BCUT2D eigenvalue weighted by molar-refractivity contribution is 0.171. The van der Waals surface area contributed by atoms with E-state index in [0.29, 0.717) is 30.4 Å². The van der Waals surface area contributed by atoms with Gasteiger partial charge in [0.15, 0.2) is 15.7 Å². The predicted molar refractivity (Wildman–Crippen MR) is 132 cm³/mol. The van der Waals surface area contributed by atoms with Gasteiger partial charge < -0.3 is 14.7 Å². The van der Waals surface area contributed by atoms with Crippen LogP contribution in [-0.2, 0) is 9.84 Å². The van der Waals surface area contributed by atoms with Crippen LogP contribution in [0.25, 0.3) is 0 Å². The second kappa shape index (κ2) is 9.00. The third-order valence-electron chi connectivity index (χ3n) is 7.91. The smallest absolute Gasteiger partial charge is 0.229 e. The molecule has 2 unspecified atom stereocenters. The largest absolute Gasteiger partial charge is 0.350 e. The molecule has 3 aromatic rings. The number of fused-ring (bicyclic) bond motifs is 2. The third kappa shape index (κ3) is 4.45. The van der Waals surface area contributed by atoms with Gasteiger partial charge in [-0.05, 0) is 63.6 Å². The molecule has 12 heteroatoms. The number of sulfone groups is 1. The summed E-state index contributed by atoms with van der Waals surface area (Å²) in [5.74, 6) is 2.06. The SMILES string of the molecule is Cc1c(Nc2ccc(S(C)(=O)=O)cc2F)ncnc1N1C2CCC1CC(c1nc(C3CC(F)C3)no1)C2. The Hall–Kier alpha value is -3.15. The van der Waals surface area contributed by atoms with E-state index in [-0.39, 0.29) is 34.5 Å². The van der Waals surface area contributed by atoms with E-state index in [2.05, 4.69) is 30.3 Å². The van der Waals surface area contributed by atoms with Gasteiger partial charge in [-0.25, -0.2) is 27.2 Å². The Morgan fingerprint density at radius 3 is 2.46 bits per heavy atom. The number of nitrogens with zero attached hydrogens (tertiary/aromatic N) is 5. The van der Waals surface area contributed by atoms with Crippen molar-refractivity contribution in [3.05, 3.63) is 47.6 Å². The minimum absolute atomic E-state index is 0.0614. The van der Waals surface area contributed by atoms with Gasteiger partial charge in [-0.3, -0.25) is 0 Å². The molecular weight excluding hydrogens is 502 g/mol. The summed E-state index contributed by atoms with van der Waals surface area (Å²) < 4.78 is 57.0. The van der Waals surface area contributed by atoms with Crippen molar-refractivity contribution in [2.45, 2.75) is 80.4 Å². The molecule has 0 spiro atoms. The fourth-order valence-electron chi connectivity index (χ4n) is 5.85. The van der Waals surface area contributed by atoms with Crippen LogP contribution in [0.5, 0.6) is 0 Å². The number of rotatable bonds is 6. The molecule has 1 saturated carbocycles. The van der Waals surface area contributed by atoms with Crippen molar-refractivity contribution < 1.29 is 21.7 Å². The molecule has 2 saturated heterocycles. The Bertz CT molecular complexity index is 1430. The van der Waals surface area contributed by atoms with Crippen molar-refractivity contribution in [1.29, 1.82) is 0 Å². The highest BCUT2D eigenvalue weighted by Gasteiger charge is 2.44. The van der Waals surface area contributed by atoms with Crippen LogP contribution in [0.2, 0.25) is 0 Å². The Labute approximate surface area is 213 Å². The highest BCUT2D eigenvalue weighted by Crippen LogP contribution is 2.46. The van der Waals surface area contributed by atoms with E-state index in [1.54, 1.807) is 0 Å². The molecule has 3 aliphatic rings. The number of hydrogen-bond donors (Lipinski definition) is 1. The van der Waals surface area contributed by atoms with E-state index in [1.807, 2.05) is 6.92 Å². The summed E-state index contributed by atoms with van der Waals surface area (Å²) in [5, 5.41) is 7.13. The second-order valence-electron chi connectivity index (χ2n) is 10.4. The Morgan fingerprint density at radius 1 is 1.08 bits per heavy atom. The average Bonchev–Trinajstić information content (AvgIpc) is 3.41. The zero-order valence-electron chi connectivity index (χ0n) is 20.6. The van der Waals surface area contributed by atoms with Crippen molar-refractivity contribution in [3.63, 3.8) is 0 Å². The first-order valence-electron chi connectivity index (χ1n) is 12.5. The zero-order chi connectivity index (χ0) is 25.9. The number of anilines is 3. The molecule has 1 aromatic carbocycles. The first kappa shape index (κ1) is 24.2. The maximum atomic E-state index is 14.7. The van der Waals surface area contributed by atoms with Gasteiger partial charge in [-0.2, -0.15) is 4.98 Å². The number of benzene rings is 1. The predicted octanol–water partition coefficient (Wildman–Crippen LogP) is 4.58. The van der Waals surface area contributed by atoms with Gasteiger partial charge in [0.25, 0.3) is 0 Å². The minimum atomic E-state index is -3.51. The molecule has 2 aromatic heterocycles. The van der Waals surface area contributed by atoms with Crippen molar-refractivity contribution in [2.24, 2.45) is 0 Å². The lowest BCUT2D eigenvalue weighted by Crippen LogP contribution is -2.43. The average molecular weight is 531 g/mol. The fraction of sp³-hybridized carbons (Fsp3) is 0.520. The topological polar surface area (TPSA) is 114 Å². The van der Waals surface area contributed by atoms with Gasteiger partial charge in [-0.1, -0.05) is 5.16 Å². The Balaban J connectivity index is 1.20. The van der Waals surface area contributed by atoms with Gasteiger partial charge in [0.2, 0.25) is 5.89 Å². The Morgan fingerprint density at radius 2 is 1.81 bits per heavy atom. The van der Waals surface area contributed by atoms with Gasteiger partial charge in [-0.15, -0.1) is 0 Å². The summed E-state index contributed by atoms with van der Waals surface area (Å²) >= 11 is 0. The van der Waals surface area contributed by atoms with Crippen LogP contribution in [-0.4, -0.2) is 53.0 Å². The zero-order valence-corrected chi connectivity index (χ0v) is 21.4. The molecular formula is C25H28F2N6O3S. The molecule has 4 heterocycles. The van der Waals surface area contributed by atoms with Crippen LogP contribution in [0.4, 0.5) is 26.1 Å². The molecule has 3 fully saturated rings. The van der Waals surface area contributed by atoms with E-state index in [9.17, 15) is 17.2 Å². The highest BCUT2D eigenvalue weighted by molar-refractivity contribution is 7.90. The fourth-order valence-corrected chi connectivity index (χ4v) is 6.48. The second-order valence-corrected chi connectivity index (χ2v) is 12.4. The number of alkyl halides is 1. The number of hydrogen-bond acceptors (Lipinski definition) is 9. The molecule has 1 aliphatic carbocycles. The third-order valence-corrected chi connectivity index (χ3v) is 9.02. The van der Waals surface area contributed by atoms with E-state index in [4.69, 9.17) is 4.52 Å². The summed E-state index contributed by atoms with van der Waals surface area (Å²) in [5.41, 5.74) is 0.926. The van der Waals surface area contributed by atoms with Gasteiger partial charge >= 0.3 is 0 Å². The van der Waals surface area contributed by atoms with Crippen LogP contribution >= 0.6 is 0 Å². The van der Waals surface area contributed by atoms with E-state index in [1.165, 1.54) is 18.5 Å². The molecule has 0 amide bonds. The number of nitrogens with one attached hydrogen (secondary N) is 1. The molecule has 9 nitrogen and oxygen atoms in total. The maximum absolute atomic E-state index is 14.7. The molecule has 1 N–H and O–H groups in total. The van der Waals surface area contributed by atoms with Crippen LogP contribution in [0.1, 0.15) is 67.6 Å². The van der Waals surface area contributed by atoms with Crippen LogP contribution in [0.15, 0.2) is 33.9 Å². The monoisotopic (exact) mass is 530 g/mol. The summed E-state index contributed by atoms with van der Waals surface area (Å²) in [6.45, 7) is 1.90. The number of aromatic nitrogens is 4. The summed E-state index contributed by atoms with van der Waals surface area (Å²) in [4.78, 5) is 15.8. The summed E-state index contributed by atoms with van der Waals surface area (Å²) in [6.07, 6.45) is 6.41. The van der Waals surface area contributed by atoms with Crippen LogP contribution < -0.4 is 10.2 Å². The number of halogens is 2. The summed E-state index contributed by atoms with van der Waals surface area (Å²) in [6, 6.07) is 4.25. The highest BCUT2D eigenvalue weighted by atomic mass is 32.2. The standard InChI is InChI=1S/C25H28F2N6O3S/c1-13-22(30-21-6-5-19(11-20(21)27)37(2,34)35)28-12-29-24(13)33-17-3-4-18(33)10-15(9-17)25-31-23(32-36-25)14-7-16(26)8-14/h5-6,11-12,14-18H,3-4,7-10H2,1-2H3,(H,28,29,30).